The molecule has 16 N–H and O–H groups in total. The van der Waals surface area contributed by atoms with Gasteiger partial charge in [0.2, 0.25) is 0 Å². The quantitative estimate of drug-likeness (QED) is 0.0623. The number of phenolic OH excluding ortho intramolecular Hbond substituents is 6. The smallest absolute Gasteiger partial charge is 0.255 e. The average Bonchev–Trinajstić information content (AvgIpc) is 3.14. The number of rotatable bonds is 20. The summed E-state index contributed by atoms with van der Waals surface area (Å²) >= 11 is 0. The van der Waals surface area contributed by atoms with E-state index in [0.29, 0.717) is 25.9 Å². The zero-order chi connectivity index (χ0) is 41.4. The van der Waals surface area contributed by atoms with E-state index < -0.39 is 69.9 Å². The molecule has 0 aliphatic rings. The van der Waals surface area contributed by atoms with E-state index in [9.17, 15) is 59.4 Å². The number of hydrogen-bond donors (Lipinski definition) is 14. The summed E-state index contributed by atoms with van der Waals surface area (Å²) in [5.41, 5.74) is 9.13. The Morgan fingerprint density at radius 1 is 0.339 bits per heavy atom. The van der Waals surface area contributed by atoms with Crippen LogP contribution in [0.1, 0.15) is 87.8 Å². The number of benzene rings is 3. The van der Waals surface area contributed by atoms with Crippen molar-refractivity contribution in [3.8, 4) is 34.5 Å². The van der Waals surface area contributed by atoms with Crippen molar-refractivity contribution in [3.05, 3.63) is 69.8 Å². The van der Waals surface area contributed by atoms with E-state index in [4.69, 9.17) is 11.5 Å². The van der Waals surface area contributed by atoms with Gasteiger partial charge in [-0.3, -0.25) is 28.8 Å². The van der Waals surface area contributed by atoms with E-state index in [-0.39, 0.29) is 85.5 Å². The minimum Gasteiger partial charge on any atom is -0.507 e. The van der Waals surface area contributed by atoms with Crippen LogP contribution in [0.15, 0.2) is 36.4 Å². The van der Waals surface area contributed by atoms with E-state index in [1.165, 1.54) is 0 Å². The highest BCUT2D eigenvalue weighted by Gasteiger charge is 2.22. The maximum atomic E-state index is 12.8. The summed E-state index contributed by atoms with van der Waals surface area (Å²) in [5.74, 6) is -7.88. The summed E-state index contributed by atoms with van der Waals surface area (Å²) in [5, 5.41) is 76.1. The molecule has 0 aromatic heterocycles. The van der Waals surface area contributed by atoms with Gasteiger partial charge in [0, 0.05) is 57.5 Å². The van der Waals surface area contributed by atoms with Crippen LogP contribution >= 0.6 is 0 Å². The third-order valence-corrected chi connectivity index (χ3v) is 7.99. The molecule has 0 atom stereocenters. The van der Waals surface area contributed by atoms with E-state index in [0.717, 1.165) is 36.4 Å². The number of nitrogens with two attached hydrogens (primary N) is 2. The fourth-order valence-corrected chi connectivity index (χ4v) is 4.99. The molecule has 6 amide bonds. The van der Waals surface area contributed by atoms with Crippen LogP contribution in [0, 0.1) is 0 Å². The van der Waals surface area contributed by atoms with Gasteiger partial charge in [-0.1, -0.05) is 0 Å². The van der Waals surface area contributed by atoms with Gasteiger partial charge in [-0.15, -0.1) is 0 Å². The molecule has 3 aromatic rings. The number of hydrogen-bond acceptors (Lipinski definition) is 14. The van der Waals surface area contributed by atoms with Crippen LogP contribution in [0.25, 0.3) is 0 Å². The first-order chi connectivity index (χ1) is 26.7. The van der Waals surface area contributed by atoms with E-state index >= 15 is 0 Å². The van der Waals surface area contributed by atoms with Gasteiger partial charge >= 0.3 is 0 Å². The lowest BCUT2D eigenvalue weighted by molar-refractivity contribution is 0.0930. The van der Waals surface area contributed by atoms with Gasteiger partial charge in [0.15, 0.2) is 0 Å². The predicted molar refractivity (Wildman–Crippen MR) is 200 cm³/mol. The number of aromatic hydroxyl groups is 6. The Kier molecular flexibility index (Phi) is 16.5. The number of carbonyl (C=O) groups is 6. The Bertz CT molecular complexity index is 1810. The topological polar surface area (TPSA) is 348 Å². The van der Waals surface area contributed by atoms with Crippen LogP contribution in [0.2, 0.25) is 0 Å². The second kappa shape index (κ2) is 21.2. The highest BCUT2D eigenvalue weighted by atomic mass is 16.3. The summed E-state index contributed by atoms with van der Waals surface area (Å²) in [6.07, 6.45) is 1.32. The first-order valence-corrected chi connectivity index (χ1v) is 17.5. The molecule has 3 rings (SSSR count). The third kappa shape index (κ3) is 12.1. The molecule has 0 heterocycles. The van der Waals surface area contributed by atoms with E-state index in [1.807, 2.05) is 0 Å². The highest BCUT2D eigenvalue weighted by molar-refractivity contribution is 6.05. The van der Waals surface area contributed by atoms with Crippen molar-refractivity contribution < 1.29 is 59.4 Å². The van der Waals surface area contributed by atoms with Crippen LogP contribution in [0.3, 0.4) is 0 Å². The van der Waals surface area contributed by atoms with Crippen molar-refractivity contribution in [3.63, 3.8) is 0 Å². The standard InChI is InChI=1S/C36H46N8O12/c37-5-1-7-39-31(51)19-13-21(27(47)16-25(19)45)33(53)41-9-3-11-43-35(55)23-15-24(30(50)18-29(23)49)36(56)44-12-4-10-42-34(54)22-14-20(26(46)17-28(22)48)32(52)40-8-2-6-38/h13-18,45-50H,1-12,37-38H2,(H,39,51)(H,40,52)(H,41,53)(H,42,54)(H,43,55)(H,44,56). The Morgan fingerprint density at radius 2 is 0.518 bits per heavy atom. The predicted octanol–water partition coefficient (Wildman–Crippen LogP) is -0.823. The molecule has 302 valence electrons. The Hall–Kier alpha value is -6.80. The maximum Gasteiger partial charge on any atom is 0.255 e. The van der Waals surface area contributed by atoms with Gasteiger partial charge in [-0.25, -0.2) is 0 Å². The number of carbonyl (C=O) groups excluding carboxylic acids is 6. The molecule has 3 aromatic carbocycles. The lowest BCUT2D eigenvalue weighted by Crippen LogP contribution is -2.31. The van der Waals surface area contributed by atoms with Crippen molar-refractivity contribution in [2.45, 2.75) is 25.7 Å². The fourth-order valence-electron chi connectivity index (χ4n) is 4.99. The molecule has 0 spiro atoms. The van der Waals surface area contributed by atoms with Gasteiger partial charge in [0.05, 0.1) is 33.4 Å². The van der Waals surface area contributed by atoms with Gasteiger partial charge in [-0.2, -0.15) is 0 Å². The van der Waals surface area contributed by atoms with E-state index in [1.54, 1.807) is 0 Å². The number of phenols is 6. The second-order valence-corrected chi connectivity index (χ2v) is 12.2. The first kappa shape index (κ1) is 43.6. The molecule has 20 heteroatoms. The zero-order valence-electron chi connectivity index (χ0n) is 30.2. The number of amides is 6. The lowest BCUT2D eigenvalue weighted by atomic mass is 10.1. The Morgan fingerprint density at radius 3 is 0.696 bits per heavy atom. The average molecular weight is 783 g/mol. The molecule has 0 radical (unpaired) electrons. The molecule has 0 fully saturated rings. The van der Waals surface area contributed by atoms with Gasteiger partial charge < -0.3 is 74.0 Å². The largest absolute Gasteiger partial charge is 0.507 e. The van der Waals surface area contributed by atoms with Crippen molar-refractivity contribution >= 4 is 35.4 Å². The van der Waals surface area contributed by atoms with Crippen molar-refractivity contribution in [1.82, 2.24) is 31.9 Å². The molecule has 0 saturated heterocycles. The van der Waals surface area contributed by atoms with Crippen molar-refractivity contribution in [1.29, 1.82) is 0 Å². The summed E-state index contributed by atoms with van der Waals surface area (Å²) in [6.45, 7) is 1.10. The van der Waals surface area contributed by atoms with Crippen LogP contribution in [0.5, 0.6) is 34.5 Å². The van der Waals surface area contributed by atoms with Crippen molar-refractivity contribution in [2.75, 3.05) is 52.4 Å². The van der Waals surface area contributed by atoms with E-state index in [2.05, 4.69) is 31.9 Å². The summed E-state index contributed by atoms with van der Waals surface area (Å²) in [7, 11) is 0. The monoisotopic (exact) mass is 782 g/mol. The second-order valence-electron chi connectivity index (χ2n) is 12.2. The van der Waals surface area contributed by atoms with Crippen LogP contribution in [-0.2, 0) is 0 Å². The minimum atomic E-state index is -0.805. The molecule has 0 aliphatic carbocycles. The summed E-state index contributed by atoms with van der Waals surface area (Å²) in [4.78, 5) is 75.6. The molecule has 0 unspecified atom stereocenters. The normalized spacial score (nSPS) is 10.6. The molecule has 20 nitrogen and oxygen atoms in total. The zero-order valence-corrected chi connectivity index (χ0v) is 30.2. The van der Waals surface area contributed by atoms with Gasteiger partial charge in [0.1, 0.15) is 34.5 Å². The molecule has 0 saturated carbocycles. The van der Waals surface area contributed by atoms with Gasteiger partial charge in [-0.05, 0) is 57.0 Å². The molecule has 0 bridgehead atoms. The molecule has 0 aliphatic heterocycles. The minimum absolute atomic E-state index is 0.00293. The lowest BCUT2D eigenvalue weighted by Gasteiger charge is -2.13. The maximum absolute atomic E-state index is 12.8. The highest BCUT2D eigenvalue weighted by Crippen LogP contribution is 2.29. The fraction of sp³-hybridized carbons (Fsp3) is 0.333. The number of nitrogens with one attached hydrogen (secondary N) is 6. The van der Waals surface area contributed by atoms with Gasteiger partial charge in [0.25, 0.3) is 35.4 Å². The first-order valence-electron chi connectivity index (χ1n) is 17.5. The van der Waals surface area contributed by atoms with Crippen LogP contribution < -0.4 is 43.4 Å². The van der Waals surface area contributed by atoms with Crippen LogP contribution in [-0.4, -0.2) is 118 Å². The third-order valence-electron chi connectivity index (χ3n) is 7.99. The van der Waals surface area contributed by atoms with Crippen LogP contribution in [0.4, 0.5) is 0 Å². The van der Waals surface area contributed by atoms with Crippen molar-refractivity contribution in [2.24, 2.45) is 11.5 Å². The Balaban J connectivity index is 1.48. The summed E-state index contributed by atoms with van der Waals surface area (Å²) < 4.78 is 0. The molecule has 56 heavy (non-hydrogen) atoms. The Labute approximate surface area is 320 Å². The molecular formula is C36H46N8O12. The SMILES string of the molecule is NCCCNC(=O)c1cc(C(=O)NCCCNC(=O)c2cc(C(=O)NCCCNC(=O)c3cc(C(=O)NCCCN)c(O)cc3O)c(O)cc2O)c(O)cc1O. The summed E-state index contributed by atoms with van der Waals surface area (Å²) in [6, 6.07) is 5.61. The molecular weight excluding hydrogens is 736 g/mol.